The molecule has 0 aromatic rings. The summed E-state index contributed by atoms with van der Waals surface area (Å²) in [5.41, 5.74) is 0. The fourth-order valence-electron chi connectivity index (χ4n) is 2.86. The van der Waals surface area contributed by atoms with Gasteiger partial charge in [-0.1, -0.05) is 6.92 Å². The van der Waals surface area contributed by atoms with Crippen LogP contribution in [0.2, 0.25) is 0 Å². The summed E-state index contributed by atoms with van der Waals surface area (Å²) in [6, 6.07) is 0. The zero-order valence-corrected chi connectivity index (χ0v) is 10.8. The number of carboxylic acid groups (broad SMARTS) is 1. The van der Waals surface area contributed by atoms with Crippen LogP contribution in [0.25, 0.3) is 0 Å². The number of aliphatic carboxylic acids is 1. The van der Waals surface area contributed by atoms with Crippen molar-refractivity contribution in [2.24, 2.45) is 17.8 Å². The zero-order chi connectivity index (χ0) is 13.1. The number of likely N-dealkylation sites (tertiary alicyclic amines) is 1. The van der Waals surface area contributed by atoms with E-state index in [0.29, 0.717) is 32.7 Å². The number of amides is 1. The van der Waals surface area contributed by atoms with E-state index in [9.17, 15) is 9.59 Å². The lowest BCUT2D eigenvalue weighted by Gasteiger charge is -2.36. The number of piperidine rings is 1. The third-order valence-corrected chi connectivity index (χ3v) is 4.04. The van der Waals surface area contributed by atoms with Gasteiger partial charge in [0.05, 0.1) is 5.92 Å². The van der Waals surface area contributed by atoms with Gasteiger partial charge in [-0.3, -0.25) is 9.59 Å². The number of carboxylic acids is 1. The van der Waals surface area contributed by atoms with Crippen LogP contribution in [0.1, 0.15) is 26.2 Å². The van der Waals surface area contributed by atoms with E-state index in [-0.39, 0.29) is 17.7 Å². The Morgan fingerprint density at radius 3 is 2.78 bits per heavy atom. The maximum Gasteiger partial charge on any atom is 0.308 e. The molecule has 0 aromatic heterocycles. The predicted molar refractivity (Wildman–Crippen MR) is 65.0 cm³/mol. The molecule has 1 amide bonds. The van der Waals surface area contributed by atoms with Gasteiger partial charge in [-0.15, -0.1) is 0 Å². The molecule has 2 unspecified atom stereocenters. The van der Waals surface area contributed by atoms with Gasteiger partial charge >= 0.3 is 5.97 Å². The minimum Gasteiger partial charge on any atom is -0.481 e. The fourth-order valence-corrected chi connectivity index (χ4v) is 2.86. The Kier molecular flexibility index (Phi) is 4.22. The van der Waals surface area contributed by atoms with E-state index >= 15 is 0 Å². The molecular weight excluding hydrogens is 234 g/mol. The zero-order valence-electron chi connectivity index (χ0n) is 10.8. The monoisotopic (exact) mass is 255 g/mol. The van der Waals surface area contributed by atoms with E-state index < -0.39 is 11.9 Å². The molecule has 0 aliphatic carbocycles. The van der Waals surface area contributed by atoms with Crippen LogP contribution < -0.4 is 0 Å². The molecule has 2 aliphatic rings. The van der Waals surface area contributed by atoms with Gasteiger partial charge in [0.15, 0.2) is 0 Å². The first-order valence-corrected chi connectivity index (χ1v) is 6.69. The average molecular weight is 255 g/mol. The lowest BCUT2D eigenvalue weighted by Crippen LogP contribution is -2.47. The van der Waals surface area contributed by atoms with E-state index in [0.717, 1.165) is 12.8 Å². The Morgan fingerprint density at radius 1 is 1.33 bits per heavy atom. The van der Waals surface area contributed by atoms with Crippen LogP contribution in [0.3, 0.4) is 0 Å². The van der Waals surface area contributed by atoms with Gasteiger partial charge in [0.2, 0.25) is 5.91 Å². The molecule has 2 fully saturated rings. The van der Waals surface area contributed by atoms with Crippen molar-refractivity contribution in [2.75, 3.05) is 26.3 Å². The van der Waals surface area contributed by atoms with Crippen LogP contribution >= 0.6 is 0 Å². The van der Waals surface area contributed by atoms with Gasteiger partial charge in [-0.25, -0.2) is 0 Å². The highest BCUT2D eigenvalue weighted by Gasteiger charge is 2.35. The van der Waals surface area contributed by atoms with Crippen molar-refractivity contribution in [2.45, 2.75) is 26.2 Å². The smallest absolute Gasteiger partial charge is 0.308 e. The third-order valence-electron chi connectivity index (χ3n) is 4.04. The second kappa shape index (κ2) is 5.69. The summed E-state index contributed by atoms with van der Waals surface area (Å²) in [5, 5.41) is 9.04. The van der Waals surface area contributed by atoms with E-state index in [2.05, 4.69) is 0 Å². The Balaban J connectivity index is 1.97. The Morgan fingerprint density at radius 2 is 2.11 bits per heavy atom. The van der Waals surface area contributed by atoms with Crippen molar-refractivity contribution in [1.29, 1.82) is 0 Å². The number of carbonyl (C=O) groups is 2. The van der Waals surface area contributed by atoms with E-state index in [1.165, 1.54) is 0 Å². The molecule has 0 aromatic carbocycles. The summed E-state index contributed by atoms with van der Waals surface area (Å²) in [4.78, 5) is 25.2. The fraction of sp³-hybridized carbons (Fsp3) is 0.846. The first-order valence-electron chi connectivity index (χ1n) is 6.69. The van der Waals surface area contributed by atoms with Crippen LogP contribution in [-0.4, -0.2) is 48.2 Å². The summed E-state index contributed by atoms with van der Waals surface area (Å²) in [5.74, 6) is -0.815. The Labute approximate surface area is 107 Å². The highest BCUT2D eigenvalue weighted by atomic mass is 16.5. The highest BCUT2D eigenvalue weighted by molar-refractivity contribution is 5.80. The SMILES string of the molecule is CC1COCCC1C(=O)N1CCC[C@@H](C(=O)O)C1. The molecule has 5 heteroatoms. The topological polar surface area (TPSA) is 66.8 Å². The number of hydrogen-bond donors (Lipinski definition) is 1. The highest BCUT2D eigenvalue weighted by Crippen LogP contribution is 2.26. The first kappa shape index (κ1) is 13.3. The van der Waals surface area contributed by atoms with Crippen molar-refractivity contribution in [3.8, 4) is 0 Å². The van der Waals surface area contributed by atoms with Gasteiger partial charge in [0.1, 0.15) is 0 Å². The quantitative estimate of drug-likeness (QED) is 0.798. The maximum atomic E-state index is 12.4. The summed E-state index contributed by atoms with van der Waals surface area (Å²) >= 11 is 0. The molecule has 2 heterocycles. The van der Waals surface area contributed by atoms with Crippen LogP contribution in [0.15, 0.2) is 0 Å². The van der Waals surface area contributed by atoms with Crippen LogP contribution in [0, 0.1) is 17.8 Å². The number of carbonyl (C=O) groups excluding carboxylic acids is 1. The van der Waals surface area contributed by atoms with Crippen LogP contribution in [-0.2, 0) is 14.3 Å². The molecule has 0 saturated carbocycles. The Hall–Kier alpha value is -1.10. The average Bonchev–Trinajstić information content (AvgIpc) is 2.38. The second-order valence-electron chi connectivity index (χ2n) is 5.41. The third kappa shape index (κ3) is 2.83. The molecular formula is C13H21NO4. The molecule has 5 nitrogen and oxygen atoms in total. The minimum atomic E-state index is -0.785. The largest absolute Gasteiger partial charge is 0.481 e. The second-order valence-corrected chi connectivity index (χ2v) is 5.41. The molecule has 2 rings (SSSR count). The van der Waals surface area contributed by atoms with Crippen molar-refractivity contribution in [1.82, 2.24) is 4.90 Å². The predicted octanol–water partition coefficient (Wildman–Crippen LogP) is 0.982. The maximum absolute atomic E-state index is 12.4. The Bertz CT molecular complexity index is 331. The van der Waals surface area contributed by atoms with Crippen molar-refractivity contribution >= 4 is 11.9 Å². The van der Waals surface area contributed by atoms with Crippen molar-refractivity contribution in [3.05, 3.63) is 0 Å². The molecule has 18 heavy (non-hydrogen) atoms. The minimum absolute atomic E-state index is 0.00583. The lowest BCUT2D eigenvalue weighted by atomic mass is 9.87. The van der Waals surface area contributed by atoms with E-state index in [4.69, 9.17) is 9.84 Å². The van der Waals surface area contributed by atoms with E-state index in [1.54, 1.807) is 4.90 Å². The normalized spacial score (nSPS) is 33.2. The summed E-state index contributed by atoms with van der Waals surface area (Å²) in [6.45, 7) is 4.37. The van der Waals surface area contributed by atoms with Gasteiger partial charge in [0.25, 0.3) is 0 Å². The molecule has 1 N–H and O–H groups in total. The van der Waals surface area contributed by atoms with Gasteiger partial charge in [0, 0.05) is 32.2 Å². The van der Waals surface area contributed by atoms with E-state index in [1.807, 2.05) is 6.92 Å². The van der Waals surface area contributed by atoms with Gasteiger partial charge in [-0.05, 0) is 25.2 Å². The number of hydrogen-bond acceptors (Lipinski definition) is 3. The van der Waals surface area contributed by atoms with Crippen molar-refractivity contribution in [3.63, 3.8) is 0 Å². The molecule has 0 bridgehead atoms. The molecule has 3 atom stereocenters. The van der Waals surface area contributed by atoms with Gasteiger partial charge < -0.3 is 14.7 Å². The first-order chi connectivity index (χ1) is 8.59. The summed E-state index contributed by atoms with van der Waals surface area (Å²) in [7, 11) is 0. The number of nitrogens with zero attached hydrogens (tertiary/aromatic N) is 1. The van der Waals surface area contributed by atoms with Crippen LogP contribution in [0.5, 0.6) is 0 Å². The molecule has 2 saturated heterocycles. The summed E-state index contributed by atoms with van der Waals surface area (Å²) in [6.07, 6.45) is 2.23. The molecule has 0 spiro atoms. The molecule has 2 aliphatic heterocycles. The van der Waals surface area contributed by atoms with Crippen molar-refractivity contribution < 1.29 is 19.4 Å². The number of rotatable bonds is 2. The molecule has 0 radical (unpaired) electrons. The summed E-state index contributed by atoms with van der Waals surface area (Å²) < 4.78 is 5.34. The van der Waals surface area contributed by atoms with Crippen LogP contribution in [0.4, 0.5) is 0 Å². The lowest BCUT2D eigenvalue weighted by molar-refractivity contribution is -0.149. The number of ether oxygens (including phenoxy) is 1. The standard InChI is InChI=1S/C13H21NO4/c1-9-8-18-6-4-11(9)12(15)14-5-2-3-10(7-14)13(16)17/h9-11H,2-8H2,1H3,(H,16,17)/t9?,10-,11?/m1/s1. The molecule has 102 valence electrons. The van der Waals surface area contributed by atoms with Gasteiger partial charge in [-0.2, -0.15) is 0 Å².